The molecule has 0 aromatic heterocycles. The SMILES string of the molecule is CCC1=Cc2c(ccc(C)c2-c2ccccc2-c2ccccc2)[CH]1[Zr]([Cl])([Cl])[c]1cccc2c1[SiH2]c1ccccc1-2. The van der Waals surface area contributed by atoms with Crippen LogP contribution in [0.15, 0.2) is 115 Å². The summed E-state index contributed by atoms with van der Waals surface area (Å²) in [6.07, 6.45) is 3.37. The second-order valence-electron chi connectivity index (χ2n) is 11.0. The minimum absolute atomic E-state index is 0.102. The van der Waals surface area contributed by atoms with Gasteiger partial charge in [-0.2, -0.15) is 0 Å². The van der Waals surface area contributed by atoms with E-state index in [1.165, 1.54) is 69.3 Å². The third-order valence-electron chi connectivity index (χ3n) is 8.76. The number of allylic oxidation sites excluding steroid dienone is 1. The summed E-state index contributed by atoms with van der Waals surface area (Å²) in [5.41, 5.74) is 13.1. The topological polar surface area (TPSA) is 0 Å². The molecule has 0 radical (unpaired) electrons. The van der Waals surface area contributed by atoms with E-state index in [4.69, 9.17) is 17.0 Å². The molecule has 5 aromatic rings. The molecule has 0 bridgehead atoms. The molecule has 5 aromatic carbocycles. The van der Waals surface area contributed by atoms with Gasteiger partial charge in [0.25, 0.3) is 0 Å². The second-order valence-corrected chi connectivity index (χ2v) is 26.8. The fourth-order valence-corrected chi connectivity index (χ4v) is 23.9. The minimum atomic E-state index is -3.97. The van der Waals surface area contributed by atoms with Crippen LogP contribution in [0.1, 0.15) is 33.7 Å². The van der Waals surface area contributed by atoms with E-state index in [0.717, 1.165) is 6.42 Å². The Hall–Kier alpha value is -2.48. The molecular formula is C36H30Cl2SiZr. The Balaban J connectivity index is 1.40. The van der Waals surface area contributed by atoms with E-state index in [1.807, 2.05) is 0 Å². The monoisotopic (exact) mass is 650 g/mol. The molecule has 0 N–H and O–H groups in total. The Morgan fingerprint density at radius 2 is 1.38 bits per heavy atom. The van der Waals surface area contributed by atoms with Gasteiger partial charge in [0.2, 0.25) is 0 Å². The fraction of sp³-hybridized carbons (Fsp3) is 0.111. The Morgan fingerprint density at radius 3 is 2.15 bits per heavy atom. The molecule has 1 aliphatic heterocycles. The molecule has 0 saturated carbocycles. The predicted molar refractivity (Wildman–Crippen MR) is 174 cm³/mol. The summed E-state index contributed by atoms with van der Waals surface area (Å²) in [7, 11) is 15.0. The molecule has 0 nitrogen and oxygen atoms in total. The molecule has 7 rings (SSSR count). The van der Waals surface area contributed by atoms with Gasteiger partial charge in [-0.25, -0.2) is 0 Å². The van der Waals surface area contributed by atoms with Crippen molar-refractivity contribution in [1.29, 1.82) is 0 Å². The summed E-state index contributed by atoms with van der Waals surface area (Å²) in [5, 5.41) is 2.99. The molecule has 196 valence electrons. The molecule has 2 aliphatic rings. The van der Waals surface area contributed by atoms with Gasteiger partial charge >= 0.3 is 253 Å². The quantitative estimate of drug-likeness (QED) is 0.165. The summed E-state index contributed by atoms with van der Waals surface area (Å²) in [4.78, 5) is 0. The van der Waals surface area contributed by atoms with Crippen LogP contribution in [-0.4, -0.2) is 9.52 Å². The van der Waals surface area contributed by atoms with Crippen LogP contribution in [0.2, 0.25) is 0 Å². The van der Waals surface area contributed by atoms with Crippen LogP contribution in [0.3, 0.4) is 0 Å². The van der Waals surface area contributed by atoms with Crippen molar-refractivity contribution in [3.63, 3.8) is 0 Å². The molecule has 1 unspecified atom stereocenters. The molecule has 0 saturated heterocycles. The maximum atomic E-state index is 7.82. The summed E-state index contributed by atoms with van der Waals surface area (Å²) < 4.78 is 1.40. The fourth-order valence-electron chi connectivity index (χ4n) is 6.91. The standard InChI is InChI=1S/C24H21.C12H9Si.2ClH.Zr/c1-3-18-15-20-14-13-17(2)24(23(20)16-18)22-12-8-7-11-21(22)19-9-5-4-6-10-19;1-3-7-11-9(5-1)10-6-2-4-8-12(10)13-11;;;/h4-16H,3H2,1-2H3;1-7H,13H2;2*1H;/q;;;;+2/p-2. The van der Waals surface area contributed by atoms with Crippen molar-refractivity contribution in [3.05, 3.63) is 131 Å². The zero-order chi connectivity index (χ0) is 27.4. The Bertz CT molecular complexity index is 1810. The average molecular weight is 653 g/mol. The van der Waals surface area contributed by atoms with Crippen LogP contribution in [0, 0.1) is 6.92 Å². The third-order valence-corrected chi connectivity index (χ3v) is 23.1. The molecular weight excluding hydrogens is 623 g/mol. The van der Waals surface area contributed by atoms with Crippen LogP contribution in [0.5, 0.6) is 0 Å². The van der Waals surface area contributed by atoms with E-state index in [9.17, 15) is 0 Å². The number of hydrogen-bond donors (Lipinski definition) is 0. The van der Waals surface area contributed by atoms with Gasteiger partial charge < -0.3 is 0 Å². The van der Waals surface area contributed by atoms with E-state index in [0.29, 0.717) is 0 Å². The van der Waals surface area contributed by atoms with E-state index in [-0.39, 0.29) is 3.63 Å². The van der Waals surface area contributed by atoms with Crippen LogP contribution in [-0.2, 0) is 17.9 Å². The first-order valence-electron chi connectivity index (χ1n) is 14.1. The first kappa shape index (κ1) is 26.4. The van der Waals surface area contributed by atoms with Gasteiger partial charge in [-0.1, -0.05) is 0 Å². The summed E-state index contributed by atoms with van der Waals surface area (Å²) in [6, 6.07) is 39.7. The number of hydrogen-bond acceptors (Lipinski definition) is 0. The predicted octanol–water partition coefficient (Wildman–Crippen LogP) is 8.06. The molecule has 40 heavy (non-hydrogen) atoms. The van der Waals surface area contributed by atoms with Crippen LogP contribution < -0.4 is 13.6 Å². The van der Waals surface area contributed by atoms with Gasteiger partial charge in [-0.3, -0.25) is 0 Å². The van der Waals surface area contributed by atoms with Gasteiger partial charge in [0.1, 0.15) is 0 Å². The third kappa shape index (κ3) is 4.19. The first-order chi connectivity index (χ1) is 19.5. The van der Waals surface area contributed by atoms with Gasteiger partial charge in [0.05, 0.1) is 0 Å². The van der Waals surface area contributed by atoms with Crippen molar-refractivity contribution in [1.82, 2.24) is 0 Å². The first-order valence-corrected chi connectivity index (χ1v) is 24.5. The van der Waals surface area contributed by atoms with Gasteiger partial charge in [0, 0.05) is 0 Å². The van der Waals surface area contributed by atoms with E-state index in [1.54, 1.807) is 0 Å². The molecule has 0 amide bonds. The summed E-state index contributed by atoms with van der Waals surface area (Å²) >= 11 is -3.97. The average Bonchev–Trinajstić information content (AvgIpc) is 3.56. The Labute approximate surface area is 251 Å². The van der Waals surface area contributed by atoms with Crippen LogP contribution >= 0.6 is 17.0 Å². The normalized spacial score (nSPS) is 16.0. The van der Waals surface area contributed by atoms with Crippen molar-refractivity contribution in [2.24, 2.45) is 0 Å². The molecule has 0 spiro atoms. The Kier molecular flexibility index (Phi) is 6.88. The number of rotatable bonds is 5. The molecule has 4 heteroatoms. The zero-order valence-corrected chi connectivity index (χ0v) is 28.1. The van der Waals surface area contributed by atoms with Crippen molar-refractivity contribution in [2.75, 3.05) is 0 Å². The number of aryl methyl sites for hydroxylation is 1. The van der Waals surface area contributed by atoms with E-state index < -0.39 is 27.4 Å². The summed E-state index contributed by atoms with van der Waals surface area (Å²) in [5.74, 6) is 0. The Morgan fingerprint density at radius 1 is 0.700 bits per heavy atom. The van der Waals surface area contributed by atoms with Gasteiger partial charge in [-0.05, 0) is 0 Å². The van der Waals surface area contributed by atoms with Crippen molar-refractivity contribution in [3.8, 4) is 33.4 Å². The molecule has 1 heterocycles. The molecule has 0 fully saturated rings. The second kappa shape index (κ2) is 10.4. The number of halogens is 2. The maximum absolute atomic E-state index is 7.82. The van der Waals surface area contributed by atoms with Crippen molar-refractivity contribution in [2.45, 2.75) is 23.9 Å². The number of fused-ring (bicyclic) bond motifs is 4. The van der Waals surface area contributed by atoms with Crippen molar-refractivity contribution < 1.29 is 17.9 Å². The van der Waals surface area contributed by atoms with Gasteiger partial charge in [0.15, 0.2) is 0 Å². The van der Waals surface area contributed by atoms with E-state index in [2.05, 4.69) is 129 Å². The van der Waals surface area contributed by atoms with Crippen LogP contribution in [0.4, 0.5) is 0 Å². The zero-order valence-electron chi connectivity index (χ0n) is 22.7. The van der Waals surface area contributed by atoms with E-state index >= 15 is 0 Å². The molecule has 1 atom stereocenters. The van der Waals surface area contributed by atoms with Gasteiger partial charge in [-0.15, -0.1) is 0 Å². The van der Waals surface area contributed by atoms with Crippen LogP contribution in [0.25, 0.3) is 39.5 Å². The van der Waals surface area contributed by atoms with Crippen molar-refractivity contribution >= 4 is 46.3 Å². The number of benzene rings is 5. The molecule has 1 aliphatic carbocycles. The summed E-state index contributed by atoms with van der Waals surface area (Å²) in [6.45, 7) is 4.49.